The van der Waals surface area contributed by atoms with Crippen LogP contribution >= 0.6 is 0 Å². The number of hydrogen-bond donors (Lipinski definition) is 2. The van der Waals surface area contributed by atoms with Gasteiger partial charge in [0.05, 0.1) is 13.1 Å². The van der Waals surface area contributed by atoms with Crippen molar-refractivity contribution < 1.29 is 14.6 Å². The van der Waals surface area contributed by atoms with Gasteiger partial charge in [0.2, 0.25) is 0 Å². The highest BCUT2D eigenvalue weighted by Crippen LogP contribution is 2.10. The van der Waals surface area contributed by atoms with Crippen molar-refractivity contribution in [3.05, 3.63) is 0 Å². The number of ether oxygens (including phenoxy) is 1. The molecule has 0 spiro atoms. The summed E-state index contributed by atoms with van der Waals surface area (Å²) < 4.78 is 5.36. The molecule has 1 aliphatic heterocycles. The van der Waals surface area contributed by atoms with Gasteiger partial charge < -0.3 is 15.2 Å². The fraction of sp³-hybridized carbons (Fsp3) is 0.857. The van der Waals surface area contributed by atoms with Gasteiger partial charge in [0.15, 0.2) is 0 Å². The Bertz CT molecular complexity index is 337. The summed E-state index contributed by atoms with van der Waals surface area (Å²) in [5.74, 6) is 0.839. The largest absolute Gasteiger partial charge is 0.444 e. The van der Waals surface area contributed by atoms with Crippen LogP contribution in [0.3, 0.4) is 0 Å². The third kappa shape index (κ3) is 6.75. The van der Waals surface area contributed by atoms with Crippen LogP contribution in [0, 0.1) is 0 Å². The first kappa shape index (κ1) is 16.8. The van der Waals surface area contributed by atoms with Gasteiger partial charge in [-0.05, 0) is 40.0 Å². The normalized spacial score (nSPS) is 15.8. The van der Waals surface area contributed by atoms with Crippen LogP contribution in [0.2, 0.25) is 0 Å². The van der Waals surface area contributed by atoms with E-state index in [-0.39, 0.29) is 12.7 Å². The van der Waals surface area contributed by atoms with Crippen molar-refractivity contribution in [2.75, 3.05) is 32.8 Å². The molecule has 1 rings (SSSR count). The number of carbonyl (C=O) groups is 1. The maximum absolute atomic E-state index is 12.0. The molecule has 0 unspecified atom stereocenters. The molecule has 0 atom stereocenters. The molecule has 0 saturated carbocycles. The molecule has 1 amide bonds. The minimum absolute atomic E-state index is 0.243. The number of aliphatic hydroxyl groups is 1. The molecule has 1 aliphatic rings. The zero-order chi connectivity index (χ0) is 15.0. The van der Waals surface area contributed by atoms with Gasteiger partial charge in [-0.3, -0.25) is 9.89 Å². The highest BCUT2D eigenvalue weighted by molar-refractivity contribution is 5.87. The predicted octanol–water partition coefficient (Wildman–Crippen LogP) is 1.39. The van der Waals surface area contributed by atoms with E-state index < -0.39 is 5.60 Å². The van der Waals surface area contributed by atoms with Crippen molar-refractivity contribution in [2.24, 2.45) is 4.99 Å². The van der Waals surface area contributed by atoms with Crippen molar-refractivity contribution in [1.29, 1.82) is 0 Å². The van der Waals surface area contributed by atoms with E-state index in [2.05, 4.69) is 10.3 Å². The molecule has 6 heteroatoms. The molecule has 0 fully saturated rings. The van der Waals surface area contributed by atoms with Crippen molar-refractivity contribution in [3.63, 3.8) is 0 Å². The van der Waals surface area contributed by atoms with Crippen LogP contribution < -0.4 is 5.32 Å². The Morgan fingerprint density at radius 1 is 1.40 bits per heavy atom. The monoisotopic (exact) mass is 285 g/mol. The Hall–Kier alpha value is -1.30. The number of carbonyl (C=O) groups excluding carboxylic acids is 1. The van der Waals surface area contributed by atoms with Crippen LogP contribution in [0.15, 0.2) is 4.99 Å². The second-order valence-electron chi connectivity index (χ2n) is 5.94. The van der Waals surface area contributed by atoms with Gasteiger partial charge in [-0.1, -0.05) is 0 Å². The molecule has 0 radical (unpaired) electrons. The maximum atomic E-state index is 12.0. The summed E-state index contributed by atoms with van der Waals surface area (Å²) in [6.07, 6.45) is 2.53. The molecule has 0 saturated heterocycles. The number of nitrogens with one attached hydrogen (secondary N) is 1. The lowest BCUT2D eigenvalue weighted by Crippen LogP contribution is -2.47. The van der Waals surface area contributed by atoms with Crippen LogP contribution in [-0.2, 0) is 4.74 Å². The van der Waals surface area contributed by atoms with Gasteiger partial charge in [0.25, 0.3) is 0 Å². The average molecular weight is 285 g/mol. The van der Waals surface area contributed by atoms with Crippen LogP contribution in [0.25, 0.3) is 0 Å². The van der Waals surface area contributed by atoms with E-state index in [9.17, 15) is 4.79 Å². The van der Waals surface area contributed by atoms with Crippen molar-refractivity contribution >= 4 is 11.9 Å². The Morgan fingerprint density at radius 2 is 2.15 bits per heavy atom. The third-order valence-corrected chi connectivity index (χ3v) is 2.83. The van der Waals surface area contributed by atoms with Crippen molar-refractivity contribution in [2.45, 2.75) is 45.6 Å². The summed E-state index contributed by atoms with van der Waals surface area (Å²) in [6, 6.07) is 0. The average Bonchev–Trinajstić information content (AvgIpc) is 2.37. The van der Waals surface area contributed by atoms with Gasteiger partial charge in [0.1, 0.15) is 11.4 Å². The molecule has 20 heavy (non-hydrogen) atoms. The number of aliphatic hydroxyl groups excluding tert-OH is 1. The van der Waals surface area contributed by atoms with E-state index in [1.165, 1.54) is 0 Å². The molecule has 0 bridgehead atoms. The van der Waals surface area contributed by atoms with Gasteiger partial charge in [-0.25, -0.2) is 4.79 Å². The maximum Gasteiger partial charge on any atom is 0.410 e. The van der Waals surface area contributed by atoms with Crippen molar-refractivity contribution in [1.82, 2.24) is 10.2 Å². The summed E-state index contributed by atoms with van der Waals surface area (Å²) in [5, 5.41) is 11.9. The summed E-state index contributed by atoms with van der Waals surface area (Å²) in [6.45, 7) is 8.35. The lowest BCUT2D eigenvalue weighted by molar-refractivity contribution is 0.0276. The Morgan fingerprint density at radius 3 is 2.80 bits per heavy atom. The highest BCUT2D eigenvalue weighted by atomic mass is 16.6. The minimum atomic E-state index is -0.469. The first-order valence-corrected chi connectivity index (χ1v) is 7.28. The number of aliphatic imine (C=N–C) groups is 1. The first-order valence-electron chi connectivity index (χ1n) is 7.28. The zero-order valence-electron chi connectivity index (χ0n) is 12.8. The molecule has 0 aromatic carbocycles. The smallest absolute Gasteiger partial charge is 0.410 e. The summed E-state index contributed by atoms with van der Waals surface area (Å²) in [7, 11) is 0. The quantitative estimate of drug-likeness (QED) is 0.749. The molecule has 116 valence electrons. The van der Waals surface area contributed by atoms with Crippen LogP contribution in [0.5, 0.6) is 0 Å². The summed E-state index contributed by atoms with van der Waals surface area (Å²) >= 11 is 0. The molecular formula is C14H27N3O3. The Balaban J connectivity index is 2.31. The molecule has 0 aliphatic carbocycles. The van der Waals surface area contributed by atoms with E-state index in [4.69, 9.17) is 9.84 Å². The van der Waals surface area contributed by atoms with E-state index in [1.54, 1.807) is 4.90 Å². The Labute approximate surface area is 121 Å². The molecule has 0 aromatic rings. The molecule has 2 N–H and O–H groups in total. The molecular weight excluding hydrogens is 258 g/mol. The number of amides is 1. The topological polar surface area (TPSA) is 74.2 Å². The minimum Gasteiger partial charge on any atom is -0.444 e. The van der Waals surface area contributed by atoms with Gasteiger partial charge >= 0.3 is 6.09 Å². The lowest BCUT2D eigenvalue weighted by atomic mass is 10.2. The summed E-state index contributed by atoms with van der Waals surface area (Å²) in [5.41, 5.74) is -0.469. The highest BCUT2D eigenvalue weighted by Gasteiger charge is 2.24. The van der Waals surface area contributed by atoms with Gasteiger partial charge in [0, 0.05) is 19.7 Å². The number of hydrogen-bond acceptors (Lipinski definition) is 5. The van der Waals surface area contributed by atoms with Crippen molar-refractivity contribution in [3.8, 4) is 0 Å². The third-order valence-electron chi connectivity index (χ3n) is 2.83. The van der Waals surface area contributed by atoms with Gasteiger partial charge in [-0.2, -0.15) is 0 Å². The van der Waals surface area contributed by atoms with Crippen LogP contribution in [-0.4, -0.2) is 60.3 Å². The number of nitrogens with zero attached hydrogens (tertiary/aromatic N) is 2. The van der Waals surface area contributed by atoms with Gasteiger partial charge in [-0.15, -0.1) is 0 Å². The zero-order valence-corrected chi connectivity index (χ0v) is 12.8. The second-order valence-corrected chi connectivity index (χ2v) is 5.94. The van der Waals surface area contributed by atoms with E-state index in [0.29, 0.717) is 19.6 Å². The fourth-order valence-corrected chi connectivity index (χ4v) is 1.86. The number of unbranched alkanes of at least 4 members (excludes halogenated alkanes) is 2. The first-order chi connectivity index (χ1) is 9.42. The lowest BCUT2D eigenvalue weighted by Gasteiger charge is -2.29. The number of amidine groups is 1. The standard InChI is InChI=1S/C14H27N3O3/c1-14(2,3)20-13(19)17-9-8-16-12(11-17)15-7-5-4-6-10-18/h18H,4-11H2,1-3H3,(H,15,16). The molecule has 6 nitrogen and oxygen atoms in total. The summed E-state index contributed by atoms with van der Waals surface area (Å²) in [4.78, 5) is 18.0. The second kappa shape index (κ2) is 8.09. The fourth-order valence-electron chi connectivity index (χ4n) is 1.86. The molecule has 0 aromatic heterocycles. The van der Waals surface area contributed by atoms with Crippen LogP contribution in [0.4, 0.5) is 4.79 Å². The predicted molar refractivity (Wildman–Crippen MR) is 79.0 cm³/mol. The van der Waals surface area contributed by atoms with E-state index in [0.717, 1.165) is 31.6 Å². The Kier molecular flexibility index (Phi) is 6.78. The number of rotatable bonds is 5. The van der Waals surface area contributed by atoms with E-state index >= 15 is 0 Å². The molecule has 1 heterocycles. The van der Waals surface area contributed by atoms with E-state index in [1.807, 2.05) is 20.8 Å². The SMILES string of the molecule is CC(C)(C)OC(=O)N1CCN=C(NCCCCCO)C1. The van der Waals surface area contributed by atoms with Crippen LogP contribution in [0.1, 0.15) is 40.0 Å².